The Morgan fingerprint density at radius 3 is 2.48 bits per heavy atom. The van der Waals surface area contributed by atoms with Gasteiger partial charge in [0.1, 0.15) is 17.1 Å². The number of nitrogens with zero attached hydrogens (tertiary/aromatic N) is 1. The highest BCUT2D eigenvalue weighted by Crippen LogP contribution is 2.56. The lowest BCUT2D eigenvalue weighted by Gasteiger charge is -2.50. The summed E-state index contributed by atoms with van der Waals surface area (Å²) in [6.07, 6.45) is 5.40. The Labute approximate surface area is 199 Å². The summed E-state index contributed by atoms with van der Waals surface area (Å²) in [4.78, 5) is 2.23. The zero-order valence-electron chi connectivity index (χ0n) is 21.1. The first-order valence-corrected chi connectivity index (χ1v) is 12.3. The van der Waals surface area contributed by atoms with Crippen molar-refractivity contribution in [2.45, 2.75) is 57.5 Å². The van der Waals surface area contributed by atoms with Gasteiger partial charge in [0.25, 0.3) is 0 Å². The average Bonchev–Trinajstić information content (AvgIpc) is 2.76. The van der Waals surface area contributed by atoms with E-state index in [0.717, 1.165) is 43.7 Å². The number of ether oxygens (including phenoxy) is 1. The maximum atomic E-state index is 10.9. The first-order valence-electron chi connectivity index (χ1n) is 12.3. The van der Waals surface area contributed by atoms with Crippen LogP contribution >= 0.6 is 0 Å². The summed E-state index contributed by atoms with van der Waals surface area (Å²) in [7, 11) is 6.22. The number of aromatic hydroxyl groups is 1. The van der Waals surface area contributed by atoms with E-state index in [0.29, 0.717) is 11.7 Å². The minimum atomic E-state index is -0.335. The van der Waals surface area contributed by atoms with Crippen molar-refractivity contribution in [3.63, 3.8) is 0 Å². The fourth-order valence-electron chi connectivity index (χ4n) is 5.84. The minimum Gasteiger partial charge on any atom is -0.508 e. The SMILES string of the molecule is CNCCc1ccc(O)c([C@@H]2C=C(C)C[C@H]3c4cc(CCN(C)C)ccc4OC(C)(C)[C@H]23)c1. The topological polar surface area (TPSA) is 44.7 Å². The van der Waals surface area contributed by atoms with Crippen LogP contribution in [-0.4, -0.2) is 49.8 Å². The molecule has 1 aliphatic heterocycles. The molecule has 4 heteroatoms. The third kappa shape index (κ3) is 4.97. The van der Waals surface area contributed by atoms with Crippen molar-refractivity contribution in [2.24, 2.45) is 5.92 Å². The van der Waals surface area contributed by atoms with Crippen LogP contribution in [0.5, 0.6) is 11.5 Å². The van der Waals surface area contributed by atoms with E-state index < -0.39 is 0 Å². The first-order chi connectivity index (χ1) is 15.7. The van der Waals surface area contributed by atoms with Gasteiger partial charge in [0.15, 0.2) is 0 Å². The summed E-state index contributed by atoms with van der Waals surface area (Å²) >= 11 is 0. The Morgan fingerprint density at radius 2 is 1.76 bits per heavy atom. The zero-order chi connectivity index (χ0) is 23.8. The van der Waals surface area contributed by atoms with Crippen LogP contribution in [0.25, 0.3) is 0 Å². The average molecular weight is 449 g/mol. The van der Waals surface area contributed by atoms with Crippen LogP contribution < -0.4 is 10.1 Å². The largest absolute Gasteiger partial charge is 0.508 e. The number of hydrogen-bond acceptors (Lipinski definition) is 4. The van der Waals surface area contributed by atoms with Crippen LogP contribution in [0.4, 0.5) is 0 Å². The van der Waals surface area contributed by atoms with E-state index in [2.05, 4.69) is 75.4 Å². The van der Waals surface area contributed by atoms with Crippen molar-refractivity contribution in [2.75, 3.05) is 34.2 Å². The fourth-order valence-corrected chi connectivity index (χ4v) is 5.84. The highest BCUT2D eigenvalue weighted by atomic mass is 16.5. The van der Waals surface area contributed by atoms with Gasteiger partial charge in [-0.15, -0.1) is 0 Å². The number of likely N-dealkylation sites (N-methyl/N-ethyl adjacent to an activating group) is 2. The van der Waals surface area contributed by atoms with Gasteiger partial charge in [-0.3, -0.25) is 0 Å². The predicted molar refractivity (Wildman–Crippen MR) is 136 cm³/mol. The highest BCUT2D eigenvalue weighted by Gasteiger charge is 2.49. The molecule has 2 aromatic carbocycles. The van der Waals surface area contributed by atoms with Gasteiger partial charge in [-0.1, -0.05) is 35.9 Å². The maximum absolute atomic E-state index is 10.9. The van der Waals surface area contributed by atoms with Gasteiger partial charge in [-0.2, -0.15) is 0 Å². The second kappa shape index (κ2) is 9.52. The number of allylic oxidation sites excluding steroid dienone is 2. The summed E-state index contributed by atoms with van der Waals surface area (Å²) in [5.74, 6) is 2.16. The molecule has 33 heavy (non-hydrogen) atoms. The van der Waals surface area contributed by atoms with E-state index in [1.54, 1.807) is 0 Å². The first kappa shape index (κ1) is 23.8. The number of benzene rings is 2. The van der Waals surface area contributed by atoms with Crippen LogP contribution in [0, 0.1) is 5.92 Å². The van der Waals surface area contributed by atoms with Gasteiger partial charge in [-0.05, 0) is 102 Å². The summed E-state index contributed by atoms with van der Waals surface area (Å²) in [6, 6.07) is 12.9. The molecule has 2 N–H and O–H groups in total. The molecule has 1 heterocycles. The molecule has 1 aliphatic carbocycles. The molecule has 2 aliphatic rings. The Hall–Kier alpha value is -2.30. The highest BCUT2D eigenvalue weighted by molar-refractivity contribution is 5.49. The third-order valence-corrected chi connectivity index (χ3v) is 7.44. The summed E-state index contributed by atoms with van der Waals surface area (Å²) in [5.41, 5.74) is 6.04. The lowest BCUT2D eigenvalue weighted by atomic mass is 9.61. The number of nitrogens with one attached hydrogen (secondary N) is 1. The molecule has 0 unspecified atom stereocenters. The molecule has 2 aromatic rings. The van der Waals surface area contributed by atoms with E-state index in [9.17, 15) is 5.11 Å². The smallest absolute Gasteiger partial charge is 0.123 e. The Balaban J connectivity index is 1.75. The van der Waals surface area contributed by atoms with Crippen molar-refractivity contribution < 1.29 is 9.84 Å². The van der Waals surface area contributed by atoms with Gasteiger partial charge in [0.05, 0.1) is 0 Å². The van der Waals surface area contributed by atoms with E-state index in [1.165, 1.54) is 22.3 Å². The van der Waals surface area contributed by atoms with Crippen LogP contribution in [0.15, 0.2) is 48.0 Å². The second-order valence-electron chi connectivity index (χ2n) is 10.8. The molecule has 4 rings (SSSR count). The molecule has 0 fully saturated rings. The molecule has 0 aromatic heterocycles. The second-order valence-corrected chi connectivity index (χ2v) is 10.8. The lowest BCUT2D eigenvalue weighted by molar-refractivity contribution is -0.000501. The molecule has 3 atom stereocenters. The third-order valence-electron chi connectivity index (χ3n) is 7.44. The molecule has 0 amide bonds. The molecule has 4 nitrogen and oxygen atoms in total. The minimum absolute atomic E-state index is 0.117. The molecule has 178 valence electrons. The molecule has 0 spiro atoms. The van der Waals surface area contributed by atoms with Gasteiger partial charge < -0.3 is 20.1 Å². The van der Waals surface area contributed by atoms with Crippen molar-refractivity contribution in [1.82, 2.24) is 10.2 Å². The molecular weight excluding hydrogens is 408 g/mol. The molecular formula is C29H40N2O2. The van der Waals surface area contributed by atoms with Crippen LogP contribution in [-0.2, 0) is 12.8 Å². The number of fused-ring (bicyclic) bond motifs is 3. The van der Waals surface area contributed by atoms with Crippen molar-refractivity contribution >= 4 is 0 Å². The number of hydrogen-bond donors (Lipinski definition) is 2. The monoisotopic (exact) mass is 448 g/mol. The lowest BCUT2D eigenvalue weighted by Crippen LogP contribution is -2.48. The van der Waals surface area contributed by atoms with Crippen molar-refractivity contribution in [3.05, 3.63) is 70.3 Å². The standard InChI is InChI=1S/C29H40N2O2/c1-19-15-24(22-17-20(11-13-30-4)7-9-26(22)32)28-25(16-19)23-18-21(12-14-31(5)6)8-10-27(23)33-29(28,2)3/h7-10,15,17-18,24-25,28,30,32H,11-14,16H2,1-6H3/t24-,25-,28+/m0/s1. The predicted octanol–water partition coefficient (Wildman–Crippen LogP) is 5.26. The summed E-state index contributed by atoms with van der Waals surface area (Å²) in [6.45, 7) is 8.64. The summed E-state index contributed by atoms with van der Waals surface area (Å²) in [5, 5.41) is 14.2. The fraction of sp³-hybridized carbons (Fsp3) is 0.517. The Kier molecular flexibility index (Phi) is 6.88. The van der Waals surface area contributed by atoms with Crippen LogP contribution in [0.3, 0.4) is 0 Å². The van der Waals surface area contributed by atoms with Gasteiger partial charge >= 0.3 is 0 Å². The van der Waals surface area contributed by atoms with E-state index in [4.69, 9.17) is 4.74 Å². The summed E-state index contributed by atoms with van der Waals surface area (Å²) < 4.78 is 6.66. The molecule has 0 saturated heterocycles. The van der Waals surface area contributed by atoms with E-state index >= 15 is 0 Å². The normalized spacial score (nSPS) is 23.5. The molecule has 0 saturated carbocycles. The Morgan fingerprint density at radius 1 is 1.06 bits per heavy atom. The van der Waals surface area contributed by atoms with Gasteiger partial charge in [-0.25, -0.2) is 0 Å². The number of rotatable bonds is 7. The van der Waals surface area contributed by atoms with Crippen molar-refractivity contribution in [3.8, 4) is 11.5 Å². The van der Waals surface area contributed by atoms with Crippen LogP contribution in [0.2, 0.25) is 0 Å². The quantitative estimate of drug-likeness (QED) is 0.567. The van der Waals surface area contributed by atoms with E-state index in [1.807, 2.05) is 19.2 Å². The number of phenols is 1. The van der Waals surface area contributed by atoms with Crippen molar-refractivity contribution in [1.29, 1.82) is 0 Å². The van der Waals surface area contributed by atoms with Gasteiger partial charge in [0.2, 0.25) is 0 Å². The molecule has 0 bridgehead atoms. The van der Waals surface area contributed by atoms with E-state index in [-0.39, 0.29) is 17.4 Å². The van der Waals surface area contributed by atoms with Gasteiger partial charge in [0, 0.05) is 23.9 Å². The maximum Gasteiger partial charge on any atom is 0.123 e. The Bertz CT molecular complexity index is 1020. The van der Waals surface area contributed by atoms with Crippen LogP contribution in [0.1, 0.15) is 61.3 Å². The molecule has 0 radical (unpaired) electrons. The number of phenolic OH excluding ortho intramolecular Hbond substituents is 1. The zero-order valence-corrected chi connectivity index (χ0v) is 21.1.